The molecule has 21 heavy (non-hydrogen) atoms. The van der Waals surface area contributed by atoms with Crippen molar-refractivity contribution < 1.29 is 9.21 Å². The fourth-order valence-corrected chi connectivity index (χ4v) is 2.22. The lowest BCUT2D eigenvalue weighted by Crippen LogP contribution is -2.07. The third kappa shape index (κ3) is 3.38. The zero-order chi connectivity index (χ0) is 14.7. The second-order valence-electron chi connectivity index (χ2n) is 4.38. The van der Waals surface area contributed by atoms with E-state index in [1.54, 1.807) is 24.4 Å². The van der Waals surface area contributed by atoms with E-state index in [4.69, 9.17) is 4.42 Å². The second-order valence-corrected chi connectivity index (χ2v) is 5.16. The smallest absolute Gasteiger partial charge is 0.248 e. The Morgan fingerprint density at radius 2 is 2.10 bits per heavy atom. The molecule has 3 rings (SSSR count). The molecule has 0 atom stereocenters. The number of carbonyl (C=O) groups excluding carboxylic acids is 1. The van der Waals surface area contributed by atoms with Crippen LogP contribution >= 0.6 is 15.9 Å². The van der Waals surface area contributed by atoms with Crippen molar-refractivity contribution in [1.82, 2.24) is 4.98 Å². The molecule has 1 amide bonds. The Balaban J connectivity index is 1.72. The molecule has 3 aromatic rings. The van der Waals surface area contributed by atoms with Crippen molar-refractivity contribution in [3.05, 3.63) is 65.2 Å². The molecule has 0 aliphatic heterocycles. The first kappa shape index (κ1) is 13.6. The van der Waals surface area contributed by atoms with E-state index in [9.17, 15) is 4.79 Å². The van der Waals surface area contributed by atoms with E-state index in [0.29, 0.717) is 16.1 Å². The lowest BCUT2D eigenvalue weighted by molar-refractivity contribution is -0.111. The number of benzene rings is 1. The summed E-state index contributed by atoms with van der Waals surface area (Å²) in [4.78, 5) is 16.1. The van der Waals surface area contributed by atoms with Crippen LogP contribution < -0.4 is 5.32 Å². The van der Waals surface area contributed by atoms with Gasteiger partial charge in [-0.25, -0.2) is 0 Å². The van der Waals surface area contributed by atoms with Gasteiger partial charge in [0, 0.05) is 11.5 Å². The number of para-hydroxylation sites is 1. The lowest BCUT2D eigenvalue weighted by atomic mass is 10.2. The van der Waals surface area contributed by atoms with Crippen molar-refractivity contribution in [1.29, 1.82) is 0 Å². The van der Waals surface area contributed by atoms with Gasteiger partial charge in [-0.2, -0.15) is 0 Å². The first-order valence-electron chi connectivity index (χ1n) is 6.30. The molecule has 0 aliphatic carbocycles. The highest BCUT2D eigenvalue weighted by atomic mass is 79.9. The van der Waals surface area contributed by atoms with E-state index < -0.39 is 0 Å². The molecule has 0 spiro atoms. The Bertz CT molecular complexity index is 824. The number of amides is 1. The van der Waals surface area contributed by atoms with Gasteiger partial charge in [-0.3, -0.25) is 9.78 Å². The maximum absolute atomic E-state index is 11.8. The minimum Gasteiger partial charge on any atom is -0.450 e. The maximum atomic E-state index is 11.8. The number of hydrogen-bond donors (Lipinski definition) is 1. The van der Waals surface area contributed by atoms with Crippen LogP contribution in [-0.4, -0.2) is 10.9 Å². The van der Waals surface area contributed by atoms with E-state index in [0.717, 1.165) is 10.9 Å². The minimum absolute atomic E-state index is 0.236. The van der Waals surface area contributed by atoms with Crippen LogP contribution in [0.15, 0.2) is 63.8 Å². The SMILES string of the molecule is O=C(/C=C/c1ccc(Br)o1)Nc1cnc2ccccc2c1. The van der Waals surface area contributed by atoms with Gasteiger partial charge in [0.1, 0.15) is 5.76 Å². The summed E-state index contributed by atoms with van der Waals surface area (Å²) in [5, 5.41) is 3.75. The van der Waals surface area contributed by atoms with Crippen LogP contribution in [0.2, 0.25) is 0 Å². The van der Waals surface area contributed by atoms with Crippen LogP contribution in [0.3, 0.4) is 0 Å². The summed E-state index contributed by atoms with van der Waals surface area (Å²) in [6, 6.07) is 13.2. The Kier molecular flexibility index (Phi) is 3.83. The Labute approximate surface area is 129 Å². The third-order valence-corrected chi connectivity index (χ3v) is 3.28. The molecule has 1 aromatic carbocycles. The summed E-state index contributed by atoms with van der Waals surface area (Å²) in [7, 11) is 0. The molecular weight excluding hydrogens is 332 g/mol. The maximum Gasteiger partial charge on any atom is 0.248 e. The highest BCUT2D eigenvalue weighted by Gasteiger charge is 2.01. The number of aromatic nitrogens is 1. The number of furan rings is 1. The number of rotatable bonds is 3. The van der Waals surface area contributed by atoms with Gasteiger partial charge in [0.25, 0.3) is 0 Å². The number of nitrogens with one attached hydrogen (secondary N) is 1. The Morgan fingerprint density at radius 1 is 1.24 bits per heavy atom. The standard InChI is InChI=1S/C16H11BrN2O2/c17-15-7-5-13(21-15)6-8-16(20)19-12-9-11-3-1-2-4-14(11)18-10-12/h1-10H,(H,19,20)/b8-6+. The van der Waals surface area contributed by atoms with E-state index in [2.05, 4.69) is 26.2 Å². The fourth-order valence-electron chi connectivity index (χ4n) is 1.90. The zero-order valence-corrected chi connectivity index (χ0v) is 12.5. The monoisotopic (exact) mass is 342 g/mol. The average molecular weight is 343 g/mol. The molecule has 0 saturated carbocycles. The number of anilines is 1. The summed E-state index contributed by atoms with van der Waals surface area (Å²) in [6.45, 7) is 0. The van der Waals surface area contributed by atoms with Crippen LogP contribution in [0.4, 0.5) is 5.69 Å². The summed E-state index contributed by atoms with van der Waals surface area (Å²) in [5.41, 5.74) is 1.55. The van der Waals surface area contributed by atoms with Gasteiger partial charge in [0.2, 0.25) is 5.91 Å². The quantitative estimate of drug-likeness (QED) is 0.724. The van der Waals surface area contributed by atoms with Crippen LogP contribution in [0.25, 0.3) is 17.0 Å². The zero-order valence-electron chi connectivity index (χ0n) is 10.9. The molecule has 5 heteroatoms. The van der Waals surface area contributed by atoms with Gasteiger partial charge in [-0.05, 0) is 46.3 Å². The number of carbonyl (C=O) groups is 1. The van der Waals surface area contributed by atoms with Gasteiger partial charge in [0.05, 0.1) is 17.4 Å². The molecule has 2 heterocycles. The van der Waals surface area contributed by atoms with Gasteiger partial charge in [0.15, 0.2) is 4.67 Å². The molecule has 104 valence electrons. The summed E-state index contributed by atoms with van der Waals surface area (Å²) < 4.78 is 5.91. The molecular formula is C16H11BrN2O2. The molecule has 0 saturated heterocycles. The van der Waals surface area contributed by atoms with Crippen molar-refractivity contribution >= 4 is 44.5 Å². The topological polar surface area (TPSA) is 55.1 Å². The molecule has 0 fully saturated rings. The number of nitrogens with zero attached hydrogens (tertiary/aromatic N) is 1. The second kappa shape index (κ2) is 5.93. The van der Waals surface area contributed by atoms with Gasteiger partial charge in [-0.15, -0.1) is 0 Å². The molecule has 0 radical (unpaired) electrons. The Morgan fingerprint density at radius 3 is 2.90 bits per heavy atom. The van der Waals surface area contributed by atoms with Crippen LogP contribution in [0, 0.1) is 0 Å². The largest absolute Gasteiger partial charge is 0.450 e. The molecule has 2 aromatic heterocycles. The predicted octanol–water partition coefficient (Wildman–Crippen LogP) is 4.24. The van der Waals surface area contributed by atoms with Crippen LogP contribution in [-0.2, 0) is 4.79 Å². The van der Waals surface area contributed by atoms with Gasteiger partial charge >= 0.3 is 0 Å². The highest BCUT2D eigenvalue weighted by Crippen LogP contribution is 2.17. The van der Waals surface area contributed by atoms with E-state index in [-0.39, 0.29) is 5.91 Å². The fraction of sp³-hybridized carbons (Fsp3) is 0. The highest BCUT2D eigenvalue weighted by molar-refractivity contribution is 9.10. The van der Waals surface area contributed by atoms with E-state index in [1.165, 1.54) is 6.08 Å². The van der Waals surface area contributed by atoms with Gasteiger partial charge < -0.3 is 9.73 Å². The third-order valence-electron chi connectivity index (χ3n) is 2.85. The minimum atomic E-state index is -0.236. The van der Waals surface area contributed by atoms with Crippen LogP contribution in [0.1, 0.15) is 5.76 Å². The van der Waals surface area contributed by atoms with Crippen molar-refractivity contribution in [2.45, 2.75) is 0 Å². The van der Waals surface area contributed by atoms with E-state index in [1.807, 2.05) is 30.3 Å². The lowest BCUT2D eigenvalue weighted by Gasteiger charge is -2.03. The summed E-state index contributed by atoms with van der Waals surface area (Å²) in [6.07, 6.45) is 4.66. The van der Waals surface area contributed by atoms with Crippen molar-refractivity contribution in [3.63, 3.8) is 0 Å². The number of halogens is 1. The predicted molar refractivity (Wildman–Crippen MR) is 85.8 cm³/mol. The molecule has 1 N–H and O–H groups in total. The van der Waals surface area contributed by atoms with Gasteiger partial charge in [-0.1, -0.05) is 18.2 Å². The van der Waals surface area contributed by atoms with E-state index >= 15 is 0 Å². The summed E-state index contributed by atoms with van der Waals surface area (Å²) >= 11 is 3.21. The average Bonchev–Trinajstić information content (AvgIpc) is 2.91. The first-order chi connectivity index (χ1) is 10.2. The van der Waals surface area contributed by atoms with Crippen molar-refractivity contribution in [2.75, 3.05) is 5.32 Å². The number of hydrogen-bond acceptors (Lipinski definition) is 3. The normalized spacial score (nSPS) is 11.1. The Hall–Kier alpha value is -2.40. The summed E-state index contributed by atoms with van der Waals surface area (Å²) in [5.74, 6) is 0.369. The molecule has 4 nitrogen and oxygen atoms in total. The molecule has 0 aliphatic rings. The molecule has 0 unspecified atom stereocenters. The van der Waals surface area contributed by atoms with Crippen LogP contribution in [0.5, 0.6) is 0 Å². The number of pyridine rings is 1. The number of fused-ring (bicyclic) bond motifs is 1. The first-order valence-corrected chi connectivity index (χ1v) is 7.09. The molecule has 0 bridgehead atoms. The van der Waals surface area contributed by atoms with Crippen molar-refractivity contribution in [3.8, 4) is 0 Å². The van der Waals surface area contributed by atoms with Crippen molar-refractivity contribution in [2.24, 2.45) is 0 Å².